The molecule has 1 saturated carbocycles. The van der Waals surface area contributed by atoms with Crippen molar-refractivity contribution >= 4 is 10.8 Å². The molecule has 100 valence electrons. The van der Waals surface area contributed by atoms with Gasteiger partial charge in [0.05, 0.1) is 6.61 Å². The second-order valence-electron chi connectivity index (χ2n) is 5.47. The average molecular weight is 255 g/mol. The number of ether oxygens (including phenoxy) is 1. The molecule has 0 radical (unpaired) electrons. The molecule has 0 saturated heterocycles. The summed E-state index contributed by atoms with van der Waals surface area (Å²) in [5, 5.41) is 5.78. The third-order valence-electron chi connectivity index (χ3n) is 3.97. The first kappa shape index (κ1) is 12.5. The van der Waals surface area contributed by atoms with Gasteiger partial charge in [-0.2, -0.15) is 0 Å². The topological polar surface area (TPSA) is 21.3 Å². The summed E-state index contributed by atoms with van der Waals surface area (Å²) in [6, 6.07) is 13.1. The standard InChI is InChI=1S/C17H21NO/c1-12(18-2)15-10-9-14-5-3-4-6-16(14)17(15)19-11-13-7-8-13/h3-6,9-10,12-13,18H,7-8,11H2,1-2H3. The van der Waals surface area contributed by atoms with Gasteiger partial charge in [-0.3, -0.25) is 0 Å². The van der Waals surface area contributed by atoms with Crippen LogP contribution in [0, 0.1) is 5.92 Å². The van der Waals surface area contributed by atoms with Crippen LogP contribution < -0.4 is 10.1 Å². The monoisotopic (exact) mass is 255 g/mol. The van der Waals surface area contributed by atoms with Gasteiger partial charge >= 0.3 is 0 Å². The molecule has 0 bridgehead atoms. The maximum absolute atomic E-state index is 6.16. The van der Waals surface area contributed by atoms with Crippen LogP contribution in [0.5, 0.6) is 5.75 Å². The zero-order chi connectivity index (χ0) is 13.2. The number of fused-ring (bicyclic) bond motifs is 1. The van der Waals surface area contributed by atoms with Crippen molar-refractivity contribution in [2.45, 2.75) is 25.8 Å². The first-order chi connectivity index (χ1) is 9.29. The van der Waals surface area contributed by atoms with Gasteiger partial charge in [-0.25, -0.2) is 0 Å². The molecule has 2 aromatic rings. The van der Waals surface area contributed by atoms with Crippen molar-refractivity contribution in [3.05, 3.63) is 42.0 Å². The van der Waals surface area contributed by atoms with Gasteiger partial charge in [-0.05, 0) is 38.1 Å². The summed E-state index contributed by atoms with van der Waals surface area (Å²) in [7, 11) is 1.99. The Balaban J connectivity index is 2.04. The Labute approximate surface area is 114 Å². The summed E-state index contributed by atoms with van der Waals surface area (Å²) in [4.78, 5) is 0. The minimum atomic E-state index is 0.304. The number of rotatable bonds is 5. The van der Waals surface area contributed by atoms with E-state index in [1.54, 1.807) is 0 Å². The zero-order valence-electron chi connectivity index (χ0n) is 11.6. The van der Waals surface area contributed by atoms with Gasteiger partial charge in [0.15, 0.2) is 0 Å². The molecule has 1 N–H and O–H groups in total. The summed E-state index contributed by atoms with van der Waals surface area (Å²) in [6.07, 6.45) is 2.64. The van der Waals surface area contributed by atoms with E-state index in [1.807, 2.05) is 7.05 Å². The Morgan fingerprint density at radius 2 is 2.00 bits per heavy atom. The van der Waals surface area contributed by atoms with Gasteiger partial charge in [0.2, 0.25) is 0 Å². The van der Waals surface area contributed by atoms with E-state index in [1.165, 1.54) is 29.2 Å². The van der Waals surface area contributed by atoms with Crippen molar-refractivity contribution in [1.29, 1.82) is 0 Å². The Morgan fingerprint density at radius 1 is 1.21 bits per heavy atom. The van der Waals surface area contributed by atoms with E-state index in [4.69, 9.17) is 4.74 Å². The smallest absolute Gasteiger partial charge is 0.131 e. The van der Waals surface area contributed by atoms with Crippen LogP contribution in [-0.4, -0.2) is 13.7 Å². The fourth-order valence-electron chi connectivity index (χ4n) is 2.40. The minimum absolute atomic E-state index is 0.304. The van der Waals surface area contributed by atoms with Gasteiger partial charge in [0, 0.05) is 17.0 Å². The second kappa shape index (κ2) is 5.22. The quantitative estimate of drug-likeness (QED) is 0.874. The number of nitrogens with one attached hydrogen (secondary N) is 1. The van der Waals surface area contributed by atoms with E-state index in [0.29, 0.717) is 6.04 Å². The summed E-state index contributed by atoms with van der Waals surface area (Å²) in [5.74, 6) is 1.84. The molecule has 19 heavy (non-hydrogen) atoms. The van der Waals surface area contributed by atoms with E-state index in [9.17, 15) is 0 Å². The summed E-state index contributed by atoms with van der Waals surface area (Å²) in [6.45, 7) is 3.03. The predicted molar refractivity (Wildman–Crippen MR) is 79.6 cm³/mol. The molecule has 0 spiro atoms. The molecule has 0 amide bonds. The van der Waals surface area contributed by atoms with Crippen LogP contribution in [0.25, 0.3) is 10.8 Å². The molecule has 1 fully saturated rings. The minimum Gasteiger partial charge on any atom is -0.492 e. The molecule has 1 aliphatic carbocycles. The van der Waals surface area contributed by atoms with Crippen LogP contribution in [0.1, 0.15) is 31.4 Å². The van der Waals surface area contributed by atoms with Gasteiger partial charge in [-0.15, -0.1) is 0 Å². The van der Waals surface area contributed by atoms with Gasteiger partial charge in [0.1, 0.15) is 5.75 Å². The van der Waals surface area contributed by atoms with Gasteiger partial charge in [0.25, 0.3) is 0 Å². The first-order valence-corrected chi connectivity index (χ1v) is 7.11. The Kier molecular flexibility index (Phi) is 3.43. The molecule has 0 aromatic heterocycles. The summed E-state index contributed by atoms with van der Waals surface area (Å²) >= 11 is 0. The van der Waals surface area contributed by atoms with Crippen LogP contribution in [-0.2, 0) is 0 Å². The van der Waals surface area contributed by atoms with Crippen molar-refractivity contribution in [2.75, 3.05) is 13.7 Å². The molecule has 2 aromatic carbocycles. The molecule has 1 atom stereocenters. The highest BCUT2D eigenvalue weighted by molar-refractivity contribution is 5.89. The molecule has 0 aliphatic heterocycles. The number of hydrogen-bond donors (Lipinski definition) is 1. The van der Waals surface area contributed by atoms with E-state index in [-0.39, 0.29) is 0 Å². The maximum Gasteiger partial charge on any atom is 0.131 e. The van der Waals surface area contributed by atoms with Crippen molar-refractivity contribution in [2.24, 2.45) is 5.92 Å². The van der Waals surface area contributed by atoms with Crippen molar-refractivity contribution < 1.29 is 4.74 Å². The number of hydrogen-bond acceptors (Lipinski definition) is 2. The highest BCUT2D eigenvalue weighted by atomic mass is 16.5. The lowest BCUT2D eigenvalue weighted by Gasteiger charge is -2.18. The fraction of sp³-hybridized carbons (Fsp3) is 0.412. The highest BCUT2D eigenvalue weighted by Crippen LogP contribution is 2.36. The Morgan fingerprint density at radius 3 is 2.74 bits per heavy atom. The van der Waals surface area contributed by atoms with Crippen molar-refractivity contribution in [3.8, 4) is 5.75 Å². The van der Waals surface area contributed by atoms with Crippen LogP contribution >= 0.6 is 0 Å². The van der Waals surface area contributed by atoms with Crippen LogP contribution in [0.2, 0.25) is 0 Å². The highest BCUT2D eigenvalue weighted by Gasteiger charge is 2.23. The Hall–Kier alpha value is -1.54. The predicted octanol–water partition coefficient (Wildman–Crippen LogP) is 3.91. The molecule has 2 nitrogen and oxygen atoms in total. The van der Waals surface area contributed by atoms with Gasteiger partial charge < -0.3 is 10.1 Å². The largest absolute Gasteiger partial charge is 0.492 e. The third-order valence-corrected chi connectivity index (χ3v) is 3.97. The van der Waals surface area contributed by atoms with E-state index in [0.717, 1.165) is 18.3 Å². The van der Waals surface area contributed by atoms with Crippen LogP contribution in [0.15, 0.2) is 36.4 Å². The van der Waals surface area contributed by atoms with Crippen LogP contribution in [0.3, 0.4) is 0 Å². The molecular formula is C17H21NO. The van der Waals surface area contributed by atoms with Crippen molar-refractivity contribution in [3.63, 3.8) is 0 Å². The van der Waals surface area contributed by atoms with Crippen molar-refractivity contribution in [1.82, 2.24) is 5.32 Å². The lowest BCUT2D eigenvalue weighted by atomic mass is 10.0. The first-order valence-electron chi connectivity index (χ1n) is 7.11. The molecule has 0 heterocycles. The molecule has 1 aliphatic rings. The number of benzene rings is 2. The fourth-order valence-corrected chi connectivity index (χ4v) is 2.40. The average Bonchev–Trinajstić information content (AvgIpc) is 3.28. The zero-order valence-corrected chi connectivity index (χ0v) is 11.6. The lowest BCUT2D eigenvalue weighted by Crippen LogP contribution is -2.14. The molecule has 3 rings (SSSR count). The lowest BCUT2D eigenvalue weighted by molar-refractivity contribution is 0.298. The van der Waals surface area contributed by atoms with Crippen LogP contribution in [0.4, 0.5) is 0 Å². The molecular weight excluding hydrogens is 234 g/mol. The third kappa shape index (κ3) is 2.59. The van der Waals surface area contributed by atoms with E-state index < -0.39 is 0 Å². The van der Waals surface area contributed by atoms with E-state index in [2.05, 4.69) is 48.6 Å². The van der Waals surface area contributed by atoms with Gasteiger partial charge in [-0.1, -0.05) is 36.4 Å². The normalized spacial score (nSPS) is 16.5. The molecule has 2 heteroatoms. The Bertz CT molecular complexity index is 574. The maximum atomic E-state index is 6.16. The van der Waals surface area contributed by atoms with E-state index >= 15 is 0 Å². The summed E-state index contributed by atoms with van der Waals surface area (Å²) in [5.41, 5.74) is 1.25. The second-order valence-corrected chi connectivity index (χ2v) is 5.47. The molecule has 1 unspecified atom stereocenters. The SMILES string of the molecule is CNC(C)c1ccc2ccccc2c1OCC1CC1. The summed E-state index contributed by atoms with van der Waals surface area (Å²) < 4.78 is 6.16.